The van der Waals surface area contributed by atoms with Gasteiger partial charge in [-0.15, -0.1) is 0 Å². The molecule has 8 heteroatoms. The smallest absolute Gasteiger partial charge is 0.243 e. The van der Waals surface area contributed by atoms with Gasteiger partial charge in [0.2, 0.25) is 10.0 Å². The number of fused-ring (bicyclic) bond motifs is 1. The van der Waals surface area contributed by atoms with Crippen LogP contribution in [0.25, 0.3) is 16.5 Å². The molecule has 0 amide bonds. The van der Waals surface area contributed by atoms with E-state index in [0.29, 0.717) is 13.0 Å². The third kappa shape index (κ3) is 4.31. The maximum atomic E-state index is 13.7. The second kappa shape index (κ2) is 9.52. The van der Waals surface area contributed by atoms with E-state index in [4.69, 9.17) is 4.74 Å². The number of nitrogens with zero attached hydrogens (tertiary/aromatic N) is 2. The number of para-hydroxylation sites is 1. The summed E-state index contributed by atoms with van der Waals surface area (Å²) in [7, 11) is -2.28. The van der Waals surface area contributed by atoms with Crippen LogP contribution in [0.15, 0.2) is 77.7 Å². The lowest BCUT2D eigenvalue weighted by Crippen LogP contribution is -2.34. The molecule has 0 saturated carbocycles. The van der Waals surface area contributed by atoms with Gasteiger partial charge in [0.1, 0.15) is 5.75 Å². The summed E-state index contributed by atoms with van der Waals surface area (Å²) in [6, 6.07) is 18.9. The summed E-state index contributed by atoms with van der Waals surface area (Å²) < 4.78 is 62.0. The van der Waals surface area contributed by atoms with Crippen molar-refractivity contribution in [2.75, 3.05) is 20.2 Å². The van der Waals surface area contributed by atoms with E-state index < -0.39 is 21.7 Å². The molecule has 0 atom stereocenters. The van der Waals surface area contributed by atoms with Crippen molar-refractivity contribution in [3.8, 4) is 5.75 Å². The SMILES string of the molecule is COc1cccc(Cn2c(C)c(C3=CCN(S(=O)(=O)c4ccc(F)c(F)c4)CC3)c3ccccc32)c1. The summed E-state index contributed by atoms with van der Waals surface area (Å²) in [4.78, 5) is -0.246. The Balaban J connectivity index is 1.48. The molecule has 4 aromatic rings. The summed E-state index contributed by atoms with van der Waals surface area (Å²) in [5.74, 6) is -1.45. The molecule has 1 aromatic heterocycles. The molecule has 186 valence electrons. The molecule has 0 aliphatic carbocycles. The lowest BCUT2D eigenvalue weighted by atomic mass is 9.97. The molecule has 3 aromatic carbocycles. The Kier molecular flexibility index (Phi) is 6.40. The number of methoxy groups -OCH3 is 1. The van der Waals surface area contributed by atoms with Crippen LogP contribution in [0.4, 0.5) is 8.78 Å². The van der Waals surface area contributed by atoms with E-state index in [0.717, 1.165) is 57.2 Å². The van der Waals surface area contributed by atoms with E-state index in [1.807, 2.05) is 36.4 Å². The monoisotopic (exact) mass is 508 g/mol. The van der Waals surface area contributed by atoms with E-state index in [1.165, 1.54) is 4.31 Å². The fourth-order valence-corrected chi connectivity index (χ4v) is 6.27. The van der Waals surface area contributed by atoms with Crippen LogP contribution in [0.2, 0.25) is 0 Å². The second-order valence-electron chi connectivity index (χ2n) is 8.83. The van der Waals surface area contributed by atoms with Crippen molar-refractivity contribution in [3.63, 3.8) is 0 Å². The first-order valence-corrected chi connectivity index (χ1v) is 13.1. The molecule has 0 unspecified atom stereocenters. The molecule has 5 rings (SSSR count). The first kappa shape index (κ1) is 24.2. The van der Waals surface area contributed by atoms with E-state index in [1.54, 1.807) is 7.11 Å². The zero-order valence-electron chi connectivity index (χ0n) is 20.0. The Morgan fingerprint density at radius 3 is 2.50 bits per heavy atom. The number of hydrogen-bond acceptors (Lipinski definition) is 3. The molecule has 0 N–H and O–H groups in total. The minimum atomic E-state index is -3.94. The van der Waals surface area contributed by atoms with E-state index in [9.17, 15) is 17.2 Å². The van der Waals surface area contributed by atoms with Gasteiger partial charge in [0.25, 0.3) is 0 Å². The highest BCUT2D eigenvalue weighted by Crippen LogP contribution is 2.36. The maximum Gasteiger partial charge on any atom is 0.243 e. The van der Waals surface area contributed by atoms with Crippen LogP contribution in [0, 0.1) is 18.6 Å². The van der Waals surface area contributed by atoms with Gasteiger partial charge in [0.15, 0.2) is 11.6 Å². The van der Waals surface area contributed by atoms with Crippen molar-refractivity contribution in [2.45, 2.75) is 24.8 Å². The molecule has 0 fully saturated rings. The topological polar surface area (TPSA) is 51.5 Å². The highest BCUT2D eigenvalue weighted by atomic mass is 32.2. The molecule has 0 saturated heterocycles. The van der Waals surface area contributed by atoms with E-state index in [-0.39, 0.29) is 18.0 Å². The zero-order chi connectivity index (χ0) is 25.4. The van der Waals surface area contributed by atoms with Crippen LogP contribution in [0.5, 0.6) is 5.75 Å². The maximum absolute atomic E-state index is 13.7. The lowest BCUT2D eigenvalue weighted by Gasteiger charge is -2.26. The van der Waals surface area contributed by atoms with Gasteiger partial charge in [0.05, 0.1) is 12.0 Å². The Morgan fingerprint density at radius 1 is 0.972 bits per heavy atom. The summed E-state index contributed by atoms with van der Waals surface area (Å²) in [5.41, 5.74) is 5.50. The Labute approximate surface area is 209 Å². The molecule has 1 aliphatic heterocycles. The molecule has 36 heavy (non-hydrogen) atoms. The van der Waals surface area contributed by atoms with Gasteiger partial charge in [0, 0.05) is 41.8 Å². The van der Waals surface area contributed by atoms with Gasteiger partial charge in [-0.1, -0.05) is 36.4 Å². The van der Waals surface area contributed by atoms with Crippen molar-refractivity contribution in [2.24, 2.45) is 0 Å². The minimum absolute atomic E-state index is 0.158. The van der Waals surface area contributed by atoms with Crippen molar-refractivity contribution in [1.29, 1.82) is 0 Å². The Bertz CT molecular complexity index is 1590. The third-order valence-corrected chi connectivity index (χ3v) is 8.59. The summed E-state index contributed by atoms with van der Waals surface area (Å²) in [6.07, 6.45) is 2.43. The number of sulfonamides is 1. The summed E-state index contributed by atoms with van der Waals surface area (Å²) >= 11 is 0. The molecule has 2 heterocycles. The largest absolute Gasteiger partial charge is 0.497 e. The van der Waals surface area contributed by atoms with E-state index in [2.05, 4.69) is 29.7 Å². The van der Waals surface area contributed by atoms with Crippen LogP contribution in [-0.4, -0.2) is 37.5 Å². The van der Waals surface area contributed by atoms with Crippen molar-refractivity contribution in [3.05, 3.63) is 101 Å². The number of aromatic nitrogens is 1. The highest BCUT2D eigenvalue weighted by molar-refractivity contribution is 7.89. The Morgan fingerprint density at radius 2 is 1.78 bits per heavy atom. The fraction of sp³-hybridized carbons (Fsp3) is 0.214. The summed E-state index contributed by atoms with van der Waals surface area (Å²) in [5, 5.41) is 1.11. The lowest BCUT2D eigenvalue weighted by molar-refractivity contribution is 0.414. The predicted octanol–water partition coefficient (Wildman–Crippen LogP) is 5.76. The zero-order valence-corrected chi connectivity index (χ0v) is 20.9. The van der Waals surface area contributed by atoms with E-state index >= 15 is 0 Å². The predicted molar refractivity (Wildman–Crippen MR) is 136 cm³/mol. The van der Waals surface area contributed by atoms with Gasteiger partial charge in [-0.2, -0.15) is 4.31 Å². The number of rotatable bonds is 6. The molecule has 0 bridgehead atoms. The normalized spacial score (nSPS) is 14.7. The number of hydrogen-bond donors (Lipinski definition) is 0. The van der Waals surface area contributed by atoms with Crippen LogP contribution in [0.3, 0.4) is 0 Å². The molecular weight excluding hydrogens is 482 g/mol. The van der Waals surface area contributed by atoms with Crippen molar-refractivity contribution < 1.29 is 21.9 Å². The quantitative estimate of drug-likeness (QED) is 0.333. The number of halogens is 2. The first-order valence-electron chi connectivity index (χ1n) is 11.6. The minimum Gasteiger partial charge on any atom is -0.497 e. The van der Waals surface area contributed by atoms with Crippen LogP contribution in [0.1, 0.15) is 23.2 Å². The number of ether oxygens (including phenoxy) is 1. The van der Waals surface area contributed by atoms with Gasteiger partial charge >= 0.3 is 0 Å². The highest BCUT2D eigenvalue weighted by Gasteiger charge is 2.28. The van der Waals surface area contributed by atoms with Crippen LogP contribution < -0.4 is 4.74 Å². The average Bonchev–Trinajstić information content (AvgIpc) is 3.16. The summed E-state index contributed by atoms with van der Waals surface area (Å²) in [6.45, 7) is 3.17. The molecule has 0 spiro atoms. The third-order valence-electron chi connectivity index (χ3n) is 6.73. The molecule has 5 nitrogen and oxygen atoms in total. The van der Waals surface area contributed by atoms with Gasteiger partial charge < -0.3 is 9.30 Å². The Hall–Kier alpha value is -3.49. The molecule has 0 radical (unpaired) electrons. The standard InChI is InChI=1S/C28H26F2N2O3S/c1-19-28(21-12-14-31(15-13-21)36(33,34)23-10-11-25(29)26(30)17-23)24-8-3-4-9-27(24)32(19)18-20-6-5-7-22(16-20)35-2/h3-12,16-17H,13-15,18H2,1-2H3. The van der Waals surface area contributed by atoms with Gasteiger partial charge in [-0.05, 0) is 60.9 Å². The van der Waals surface area contributed by atoms with Crippen LogP contribution >= 0.6 is 0 Å². The molecular formula is C28H26F2N2O3S. The number of benzene rings is 3. The second-order valence-corrected chi connectivity index (χ2v) is 10.8. The fourth-order valence-electron chi connectivity index (χ4n) is 4.88. The first-order chi connectivity index (χ1) is 17.3. The van der Waals surface area contributed by atoms with Crippen molar-refractivity contribution >= 4 is 26.5 Å². The van der Waals surface area contributed by atoms with Gasteiger partial charge in [-0.3, -0.25) is 0 Å². The molecule has 1 aliphatic rings. The van der Waals surface area contributed by atoms with Crippen LogP contribution in [-0.2, 0) is 16.6 Å². The van der Waals surface area contributed by atoms with Gasteiger partial charge in [-0.25, -0.2) is 17.2 Å². The van der Waals surface area contributed by atoms with Crippen molar-refractivity contribution in [1.82, 2.24) is 8.87 Å². The average molecular weight is 509 g/mol.